The molecule has 134 valence electrons. The van der Waals surface area contributed by atoms with Crippen LogP contribution in [0.1, 0.15) is 49.3 Å². The quantitative estimate of drug-likeness (QED) is 0.473. The highest BCUT2D eigenvalue weighted by Gasteiger charge is 2.29. The molecule has 0 saturated heterocycles. The summed E-state index contributed by atoms with van der Waals surface area (Å²) in [6.07, 6.45) is 4.73. The summed E-state index contributed by atoms with van der Waals surface area (Å²) in [5.41, 5.74) is 1.16. The smallest absolute Gasteiger partial charge is 0.416 e. The van der Waals surface area contributed by atoms with E-state index in [1.807, 2.05) is 24.3 Å². The number of allylic oxidation sites excluding steroid dienone is 1. The second-order valence-corrected chi connectivity index (χ2v) is 5.95. The van der Waals surface area contributed by atoms with Crippen LogP contribution in [0.4, 0.5) is 13.2 Å². The van der Waals surface area contributed by atoms with Crippen LogP contribution in [0.3, 0.4) is 0 Å². The molecule has 0 fully saturated rings. The molecule has 0 aliphatic carbocycles. The molecule has 0 saturated carbocycles. The Labute approximate surface area is 147 Å². The van der Waals surface area contributed by atoms with Gasteiger partial charge in [0.2, 0.25) is 0 Å². The minimum absolute atomic E-state index is 0.240. The predicted octanol–water partition coefficient (Wildman–Crippen LogP) is 6.88. The van der Waals surface area contributed by atoms with Crippen LogP contribution in [0.2, 0.25) is 0 Å². The van der Waals surface area contributed by atoms with E-state index in [4.69, 9.17) is 4.74 Å². The SMILES string of the molecule is CCCCCC=Cc1ccc(OCc2ccc(C(F)(F)F)cc2)cc1. The molecule has 0 bridgehead atoms. The summed E-state index contributed by atoms with van der Waals surface area (Å²) in [7, 11) is 0. The average molecular weight is 348 g/mol. The van der Waals surface area contributed by atoms with Crippen molar-refractivity contribution in [1.82, 2.24) is 0 Å². The first-order valence-corrected chi connectivity index (χ1v) is 8.54. The van der Waals surface area contributed by atoms with Gasteiger partial charge in [-0.1, -0.05) is 56.2 Å². The molecule has 2 rings (SSSR count). The first-order chi connectivity index (χ1) is 12.0. The third-order valence-corrected chi connectivity index (χ3v) is 3.85. The van der Waals surface area contributed by atoms with Crippen molar-refractivity contribution in [3.05, 3.63) is 71.3 Å². The van der Waals surface area contributed by atoms with Gasteiger partial charge in [-0.3, -0.25) is 0 Å². The Morgan fingerprint density at radius 3 is 2.20 bits per heavy atom. The summed E-state index contributed by atoms with van der Waals surface area (Å²) < 4.78 is 43.2. The van der Waals surface area contributed by atoms with Crippen molar-refractivity contribution in [1.29, 1.82) is 0 Å². The van der Waals surface area contributed by atoms with Crippen LogP contribution in [0, 0.1) is 0 Å². The summed E-state index contributed by atoms with van der Waals surface area (Å²) in [4.78, 5) is 0. The molecule has 0 radical (unpaired) electrons. The third kappa shape index (κ3) is 6.65. The van der Waals surface area contributed by atoms with Crippen molar-refractivity contribution in [3.63, 3.8) is 0 Å². The third-order valence-electron chi connectivity index (χ3n) is 3.85. The number of unbranched alkanes of at least 4 members (excludes halogenated alkanes) is 3. The first-order valence-electron chi connectivity index (χ1n) is 8.54. The van der Waals surface area contributed by atoms with Gasteiger partial charge in [0.1, 0.15) is 12.4 Å². The van der Waals surface area contributed by atoms with Crippen molar-refractivity contribution >= 4 is 6.08 Å². The van der Waals surface area contributed by atoms with E-state index >= 15 is 0 Å². The normalized spacial score (nSPS) is 11.8. The van der Waals surface area contributed by atoms with E-state index in [-0.39, 0.29) is 6.61 Å². The lowest BCUT2D eigenvalue weighted by molar-refractivity contribution is -0.137. The van der Waals surface area contributed by atoms with Gasteiger partial charge < -0.3 is 4.74 Å². The zero-order chi connectivity index (χ0) is 18.1. The number of hydrogen-bond donors (Lipinski definition) is 0. The molecule has 1 nitrogen and oxygen atoms in total. The molecule has 0 aliphatic heterocycles. The lowest BCUT2D eigenvalue weighted by atomic mass is 10.1. The first kappa shape index (κ1) is 19.1. The standard InChI is InChI=1S/C21H23F3O/c1-2-3-4-5-6-7-17-10-14-20(15-11-17)25-16-18-8-12-19(13-9-18)21(22,23)24/h6-15H,2-5,16H2,1H3. The zero-order valence-corrected chi connectivity index (χ0v) is 14.4. The highest BCUT2D eigenvalue weighted by atomic mass is 19.4. The number of ether oxygens (including phenoxy) is 1. The van der Waals surface area contributed by atoms with Crippen LogP contribution >= 0.6 is 0 Å². The van der Waals surface area contributed by atoms with Crippen molar-refractivity contribution in [2.24, 2.45) is 0 Å². The summed E-state index contributed by atoms with van der Waals surface area (Å²) in [5, 5.41) is 0. The largest absolute Gasteiger partial charge is 0.489 e. The van der Waals surface area contributed by atoms with Gasteiger partial charge in [0.15, 0.2) is 0 Å². The summed E-state index contributed by atoms with van der Waals surface area (Å²) in [6.45, 7) is 2.43. The number of rotatable bonds is 8. The molecule has 0 heterocycles. The molecule has 2 aromatic carbocycles. The molecule has 4 heteroatoms. The zero-order valence-electron chi connectivity index (χ0n) is 14.4. The van der Waals surface area contributed by atoms with Gasteiger partial charge in [-0.2, -0.15) is 13.2 Å². The van der Waals surface area contributed by atoms with E-state index in [2.05, 4.69) is 19.1 Å². The molecular formula is C21H23F3O. The van der Waals surface area contributed by atoms with Gasteiger partial charge in [0, 0.05) is 0 Å². The fourth-order valence-corrected chi connectivity index (χ4v) is 2.36. The van der Waals surface area contributed by atoms with Crippen molar-refractivity contribution < 1.29 is 17.9 Å². The van der Waals surface area contributed by atoms with Gasteiger partial charge in [0.25, 0.3) is 0 Å². The number of hydrogen-bond acceptors (Lipinski definition) is 1. The van der Waals surface area contributed by atoms with Crippen LogP contribution in [0.25, 0.3) is 6.08 Å². The van der Waals surface area contributed by atoms with Gasteiger partial charge in [-0.05, 0) is 48.2 Å². The van der Waals surface area contributed by atoms with Crippen LogP contribution in [-0.2, 0) is 12.8 Å². The minimum Gasteiger partial charge on any atom is -0.489 e. The fourth-order valence-electron chi connectivity index (χ4n) is 2.36. The lowest BCUT2D eigenvalue weighted by Gasteiger charge is -2.09. The minimum atomic E-state index is -4.31. The molecule has 0 aromatic heterocycles. The van der Waals surface area contributed by atoms with Crippen LogP contribution in [0.15, 0.2) is 54.6 Å². The van der Waals surface area contributed by atoms with E-state index in [0.717, 1.165) is 24.1 Å². The molecule has 0 N–H and O–H groups in total. The van der Waals surface area contributed by atoms with E-state index in [1.165, 1.54) is 31.4 Å². The van der Waals surface area contributed by atoms with Crippen LogP contribution in [0.5, 0.6) is 5.75 Å². The molecule has 0 atom stereocenters. The molecule has 0 unspecified atom stereocenters. The Balaban J connectivity index is 1.83. The van der Waals surface area contributed by atoms with Crippen LogP contribution in [-0.4, -0.2) is 0 Å². The maximum atomic E-state index is 12.5. The Bertz CT molecular complexity index is 655. The Morgan fingerprint density at radius 2 is 1.60 bits per heavy atom. The molecule has 25 heavy (non-hydrogen) atoms. The average Bonchev–Trinajstić information content (AvgIpc) is 2.60. The lowest BCUT2D eigenvalue weighted by Crippen LogP contribution is -2.05. The van der Waals surface area contributed by atoms with E-state index in [1.54, 1.807) is 0 Å². The highest BCUT2D eigenvalue weighted by Crippen LogP contribution is 2.29. The monoisotopic (exact) mass is 348 g/mol. The maximum Gasteiger partial charge on any atom is 0.416 e. The predicted molar refractivity (Wildman–Crippen MR) is 95.4 cm³/mol. The summed E-state index contributed by atoms with van der Waals surface area (Å²) in [6, 6.07) is 12.7. The van der Waals surface area contributed by atoms with E-state index < -0.39 is 11.7 Å². The Hall–Kier alpha value is -2.23. The highest BCUT2D eigenvalue weighted by molar-refractivity contribution is 5.50. The van der Waals surface area contributed by atoms with Crippen molar-refractivity contribution in [3.8, 4) is 5.75 Å². The maximum absolute atomic E-state index is 12.5. The molecular weight excluding hydrogens is 325 g/mol. The van der Waals surface area contributed by atoms with Gasteiger partial charge in [-0.15, -0.1) is 0 Å². The van der Waals surface area contributed by atoms with E-state index in [0.29, 0.717) is 11.3 Å². The van der Waals surface area contributed by atoms with Gasteiger partial charge in [0.05, 0.1) is 5.56 Å². The van der Waals surface area contributed by atoms with Crippen molar-refractivity contribution in [2.45, 2.75) is 45.4 Å². The molecule has 0 spiro atoms. The second kappa shape index (κ2) is 9.30. The molecule has 0 aliphatic rings. The number of alkyl halides is 3. The van der Waals surface area contributed by atoms with Gasteiger partial charge >= 0.3 is 6.18 Å². The number of halogens is 3. The Morgan fingerprint density at radius 1 is 0.920 bits per heavy atom. The fraction of sp³-hybridized carbons (Fsp3) is 0.333. The van der Waals surface area contributed by atoms with Crippen LogP contribution < -0.4 is 4.74 Å². The topological polar surface area (TPSA) is 9.23 Å². The number of benzene rings is 2. The molecule has 2 aromatic rings. The van der Waals surface area contributed by atoms with Crippen molar-refractivity contribution in [2.75, 3.05) is 0 Å². The summed E-state index contributed by atoms with van der Waals surface area (Å²) in [5.74, 6) is 0.697. The second-order valence-electron chi connectivity index (χ2n) is 5.95. The van der Waals surface area contributed by atoms with Gasteiger partial charge in [-0.25, -0.2) is 0 Å². The summed E-state index contributed by atoms with van der Waals surface area (Å²) >= 11 is 0. The Kier molecular flexibility index (Phi) is 7.11. The van der Waals surface area contributed by atoms with E-state index in [9.17, 15) is 13.2 Å². The molecule has 0 amide bonds.